The van der Waals surface area contributed by atoms with Crippen molar-refractivity contribution >= 4 is 6.21 Å². The summed E-state index contributed by atoms with van der Waals surface area (Å²) in [6.45, 7) is 0.545. The second kappa shape index (κ2) is 4.25. The Kier molecular flexibility index (Phi) is 2.80. The first-order chi connectivity index (χ1) is 7.80. The van der Waals surface area contributed by atoms with Crippen molar-refractivity contribution in [2.75, 3.05) is 6.54 Å². The van der Waals surface area contributed by atoms with E-state index in [4.69, 9.17) is 11.0 Å². The summed E-state index contributed by atoms with van der Waals surface area (Å²) in [5, 5.41) is 8.71. The minimum atomic E-state index is -0.428. The van der Waals surface area contributed by atoms with Gasteiger partial charge in [0.1, 0.15) is 11.6 Å². The number of hydrogen-bond donors (Lipinski definition) is 1. The summed E-state index contributed by atoms with van der Waals surface area (Å²) in [4.78, 5) is 8.70. The van der Waals surface area contributed by atoms with Gasteiger partial charge in [-0.1, -0.05) is 0 Å². The highest BCUT2D eigenvalue weighted by atomic mass is 14.9. The Morgan fingerprint density at radius 1 is 1.44 bits per heavy atom. The van der Waals surface area contributed by atoms with Gasteiger partial charge in [-0.3, -0.25) is 9.98 Å². The fraction of sp³-hybridized carbons (Fsp3) is 0.250. The molecule has 0 amide bonds. The summed E-state index contributed by atoms with van der Waals surface area (Å²) in [6.07, 6.45) is 7.94. The lowest BCUT2D eigenvalue weighted by atomic mass is 9.92. The molecule has 1 aromatic heterocycles. The molecule has 0 fully saturated rings. The Bertz CT molecular complexity index is 453. The van der Waals surface area contributed by atoms with Gasteiger partial charge < -0.3 is 5.73 Å². The predicted octanol–water partition coefficient (Wildman–Crippen LogP) is 1.14. The molecular formula is C12H12N4. The van der Waals surface area contributed by atoms with Crippen LogP contribution in [0.15, 0.2) is 35.5 Å². The van der Waals surface area contributed by atoms with Crippen LogP contribution in [0, 0.1) is 11.3 Å². The van der Waals surface area contributed by atoms with Gasteiger partial charge in [0, 0.05) is 12.4 Å². The van der Waals surface area contributed by atoms with E-state index in [-0.39, 0.29) is 0 Å². The fourth-order valence-corrected chi connectivity index (χ4v) is 1.78. The Hall–Kier alpha value is -1.99. The van der Waals surface area contributed by atoms with Gasteiger partial charge in [0.2, 0.25) is 0 Å². The molecule has 80 valence electrons. The maximum Gasteiger partial charge on any atom is 0.122 e. The summed E-state index contributed by atoms with van der Waals surface area (Å²) in [5.41, 5.74) is 6.56. The van der Waals surface area contributed by atoms with E-state index >= 15 is 0 Å². The number of rotatable bonds is 3. The topological polar surface area (TPSA) is 75.1 Å². The molecule has 0 spiro atoms. The largest absolute Gasteiger partial charge is 0.330 e. The average molecular weight is 212 g/mol. The zero-order chi connectivity index (χ0) is 11.4. The van der Waals surface area contributed by atoms with Crippen molar-refractivity contribution in [3.8, 4) is 6.07 Å². The van der Waals surface area contributed by atoms with Gasteiger partial charge in [0.25, 0.3) is 0 Å². The molecule has 4 nitrogen and oxygen atoms in total. The SMILES string of the molecule is N#Cc1ccc(C2(CCN)C=CC=N2)nc1. The van der Waals surface area contributed by atoms with E-state index in [2.05, 4.69) is 9.98 Å². The molecule has 0 bridgehead atoms. The summed E-state index contributed by atoms with van der Waals surface area (Å²) in [6, 6.07) is 5.63. The van der Waals surface area contributed by atoms with Crippen LogP contribution in [0.2, 0.25) is 0 Å². The third-order valence-electron chi connectivity index (χ3n) is 2.62. The number of nitrogens with two attached hydrogens (primary N) is 1. The van der Waals surface area contributed by atoms with E-state index in [0.717, 1.165) is 12.1 Å². The van der Waals surface area contributed by atoms with Crippen LogP contribution in [0.4, 0.5) is 0 Å². The van der Waals surface area contributed by atoms with Gasteiger partial charge in [0.05, 0.1) is 11.3 Å². The quantitative estimate of drug-likeness (QED) is 0.816. The molecule has 0 aliphatic carbocycles. The molecule has 0 saturated heterocycles. The highest BCUT2D eigenvalue weighted by Gasteiger charge is 2.30. The average Bonchev–Trinajstić information content (AvgIpc) is 2.80. The van der Waals surface area contributed by atoms with Crippen LogP contribution in [0.3, 0.4) is 0 Å². The lowest BCUT2D eigenvalue weighted by molar-refractivity contribution is 0.516. The number of nitrogens with zero attached hydrogens (tertiary/aromatic N) is 3. The molecule has 1 aromatic rings. The first-order valence-corrected chi connectivity index (χ1v) is 5.10. The van der Waals surface area contributed by atoms with E-state index in [1.807, 2.05) is 24.3 Å². The van der Waals surface area contributed by atoms with Crippen LogP contribution in [0.1, 0.15) is 17.7 Å². The highest BCUT2D eigenvalue weighted by Crippen LogP contribution is 2.31. The van der Waals surface area contributed by atoms with Crippen molar-refractivity contribution in [2.24, 2.45) is 10.7 Å². The van der Waals surface area contributed by atoms with E-state index < -0.39 is 5.54 Å². The minimum absolute atomic E-state index is 0.428. The molecule has 0 aromatic carbocycles. The van der Waals surface area contributed by atoms with E-state index in [1.165, 1.54) is 0 Å². The molecule has 2 rings (SSSR count). The molecule has 1 atom stereocenters. The van der Waals surface area contributed by atoms with Crippen molar-refractivity contribution in [3.05, 3.63) is 41.7 Å². The predicted molar refractivity (Wildman–Crippen MR) is 61.9 cm³/mol. The molecule has 16 heavy (non-hydrogen) atoms. The molecule has 2 heterocycles. The summed E-state index contributed by atoms with van der Waals surface area (Å²) < 4.78 is 0. The normalized spacial score (nSPS) is 22.2. The standard InChI is InChI=1S/C12H12N4/c13-6-5-12(4-1-7-16-12)11-3-2-10(8-14)9-15-11/h1-4,7,9H,5-6,13H2. The van der Waals surface area contributed by atoms with Crippen LogP contribution < -0.4 is 5.73 Å². The fourth-order valence-electron chi connectivity index (χ4n) is 1.78. The molecule has 1 aliphatic heterocycles. The van der Waals surface area contributed by atoms with Gasteiger partial charge in [0.15, 0.2) is 0 Å². The van der Waals surface area contributed by atoms with Crippen molar-refractivity contribution < 1.29 is 0 Å². The number of allylic oxidation sites excluding steroid dienone is 1. The third-order valence-corrected chi connectivity index (χ3v) is 2.62. The number of nitriles is 1. The van der Waals surface area contributed by atoms with Crippen molar-refractivity contribution in [1.29, 1.82) is 5.26 Å². The Morgan fingerprint density at radius 3 is 2.81 bits per heavy atom. The smallest absolute Gasteiger partial charge is 0.122 e. The van der Waals surface area contributed by atoms with Gasteiger partial charge >= 0.3 is 0 Å². The Labute approximate surface area is 94.1 Å². The highest BCUT2D eigenvalue weighted by molar-refractivity contribution is 5.75. The van der Waals surface area contributed by atoms with Crippen molar-refractivity contribution in [2.45, 2.75) is 12.0 Å². The van der Waals surface area contributed by atoms with Gasteiger partial charge in [-0.15, -0.1) is 0 Å². The number of hydrogen-bond acceptors (Lipinski definition) is 4. The number of aromatic nitrogens is 1. The summed E-state index contributed by atoms with van der Waals surface area (Å²) in [7, 11) is 0. The molecule has 1 unspecified atom stereocenters. The Balaban J connectivity index is 2.37. The van der Waals surface area contributed by atoms with Crippen molar-refractivity contribution in [3.63, 3.8) is 0 Å². The lowest BCUT2D eigenvalue weighted by Crippen LogP contribution is -2.24. The molecular weight excluding hydrogens is 200 g/mol. The second-order valence-electron chi connectivity index (χ2n) is 3.64. The molecule has 2 N–H and O–H groups in total. The van der Waals surface area contributed by atoms with Crippen LogP contribution in [0.5, 0.6) is 0 Å². The maximum absolute atomic E-state index is 8.71. The van der Waals surface area contributed by atoms with E-state index in [0.29, 0.717) is 12.1 Å². The van der Waals surface area contributed by atoms with Crippen molar-refractivity contribution in [1.82, 2.24) is 4.98 Å². The zero-order valence-corrected chi connectivity index (χ0v) is 8.80. The molecule has 0 saturated carbocycles. The van der Waals surface area contributed by atoms with Gasteiger partial charge in [-0.2, -0.15) is 5.26 Å². The third kappa shape index (κ3) is 1.73. The lowest BCUT2D eigenvalue weighted by Gasteiger charge is -2.22. The maximum atomic E-state index is 8.71. The first-order valence-electron chi connectivity index (χ1n) is 5.10. The molecule has 0 radical (unpaired) electrons. The van der Waals surface area contributed by atoms with Gasteiger partial charge in [-0.05, 0) is 37.3 Å². The molecule has 1 aliphatic rings. The van der Waals surface area contributed by atoms with E-state index in [1.54, 1.807) is 18.5 Å². The van der Waals surface area contributed by atoms with Crippen LogP contribution in [0.25, 0.3) is 0 Å². The number of pyridine rings is 1. The second-order valence-corrected chi connectivity index (χ2v) is 3.64. The van der Waals surface area contributed by atoms with E-state index in [9.17, 15) is 0 Å². The first kappa shape index (κ1) is 10.5. The van der Waals surface area contributed by atoms with Gasteiger partial charge in [-0.25, -0.2) is 0 Å². The van der Waals surface area contributed by atoms with Crippen LogP contribution in [-0.2, 0) is 5.54 Å². The number of aliphatic imine (C=N–C) groups is 1. The zero-order valence-electron chi connectivity index (χ0n) is 8.80. The van der Waals surface area contributed by atoms with Crippen LogP contribution in [-0.4, -0.2) is 17.7 Å². The Morgan fingerprint density at radius 2 is 2.31 bits per heavy atom. The minimum Gasteiger partial charge on any atom is -0.330 e. The molecule has 4 heteroatoms. The summed E-state index contributed by atoms with van der Waals surface area (Å²) >= 11 is 0. The summed E-state index contributed by atoms with van der Waals surface area (Å²) in [5.74, 6) is 0. The van der Waals surface area contributed by atoms with Crippen LogP contribution >= 0.6 is 0 Å². The monoisotopic (exact) mass is 212 g/mol.